The van der Waals surface area contributed by atoms with Crippen molar-refractivity contribution in [3.05, 3.63) is 33.2 Å². The van der Waals surface area contributed by atoms with Crippen molar-refractivity contribution in [1.29, 1.82) is 0 Å². The highest BCUT2D eigenvalue weighted by atomic mass is 127. The fraction of sp³-hybridized carbons (Fsp3) is 0. The van der Waals surface area contributed by atoms with Crippen LogP contribution in [0, 0.1) is 3.70 Å². The molecule has 0 spiro atoms. The molecule has 0 aliphatic heterocycles. The molecule has 66 valence electrons. The largest absolute Gasteiger partial charge is 0.327 e. The van der Waals surface area contributed by atoms with Gasteiger partial charge in [0.05, 0.1) is 0 Å². The highest BCUT2D eigenvalue weighted by Gasteiger charge is 2.07. The van der Waals surface area contributed by atoms with Crippen molar-refractivity contribution in [2.24, 2.45) is 0 Å². The number of rotatable bonds is 1. The highest BCUT2D eigenvalue weighted by molar-refractivity contribution is 14.1. The molecule has 3 nitrogen and oxygen atoms in total. The summed E-state index contributed by atoms with van der Waals surface area (Å²) in [5, 5.41) is 0.557. The smallest absolute Gasteiger partial charge is 0.158 e. The number of nitrogens with one attached hydrogen (secondary N) is 1. The standard InChI is InChI=1S/C8H5ClIN3/c9-6-7(10)13-8(12-6)5-3-1-2-4-11-5/h1-4H,(H,12,13). The van der Waals surface area contributed by atoms with Crippen molar-refractivity contribution in [1.82, 2.24) is 15.0 Å². The van der Waals surface area contributed by atoms with Gasteiger partial charge in [-0.05, 0) is 34.7 Å². The molecule has 0 amide bonds. The predicted octanol–water partition coefficient (Wildman–Crippen LogP) is 2.73. The van der Waals surface area contributed by atoms with Crippen LogP contribution in [0.5, 0.6) is 0 Å². The van der Waals surface area contributed by atoms with Crippen LogP contribution >= 0.6 is 34.2 Å². The monoisotopic (exact) mass is 305 g/mol. The van der Waals surface area contributed by atoms with Gasteiger partial charge in [-0.15, -0.1) is 0 Å². The van der Waals surface area contributed by atoms with Gasteiger partial charge in [-0.3, -0.25) is 4.98 Å². The molecule has 0 radical (unpaired) electrons. The first-order chi connectivity index (χ1) is 6.27. The second kappa shape index (κ2) is 3.63. The maximum absolute atomic E-state index is 5.83. The number of halogens is 2. The third kappa shape index (κ3) is 1.83. The molecule has 0 atom stereocenters. The normalized spacial score (nSPS) is 10.3. The van der Waals surface area contributed by atoms with Crippen molar-refractivity contribution in [2.75, 3.05) is 0 Å². The van der Waals surface area contributed by atoms with Gasteiger partial charge in [0.1, 0.15) is 14.5 Å². The second-order valence-electron chi connectivity index (χ2n) is 2.41. The van der Waals surface area contributed by atoms with E-state index in [4.69, 9.17) is 11.6 Å². The van der Waals surface area contributed by atoms with E-state index in [-0.39, 0.29) is 0 Å². The van der Waals surface area contributed by atoms with E-state index >= 15 is 0 Å². The lowest BCUT2D eigenvalue weighted by Gasteiger charge is -1.92. The summed E-state index contributed by atoms with van der Waals surface area (Å²) in [7, 11) is 0. The van der Waals surface area contributed by atoms with E-state index in [0.29, 0.717) is 11.0 Å². The summed E-state index contributed by atoms with van der Waals surface area (Å²) >= 11 is 7.90. The molecule has 0 bridgehead atoms. The molecule has 5 heteroatoms. The Morgan fingerprint density at radius 2 is 2.23 bits per heavy atom. The molecule has 0 unspecified atom stereocenters. The third-order valence-electron chi connectivity index (χ3n) is 1.53. The summed E-state index contributed by atoms with van der Waals surface area (Å²) in [6.45, 7) is 0. The summed E-state index contributed by atoms with van der Waals surface area (Å²) in [6.07, 6.45) is 1.72. The maximum Gasteiger partial charge on any atom is 0.158 e. The van der Waals surface area contributed by atoms with Crippen molar-refractivity contribution in [3.8, 4) is 11.5 Å². The fourth-order valence-corrected chi connectivity index (χ4v) is 1.46. The average Bonchev–Trinajstić information content (AvgIpc) is 2.49. The Morgan fingerprint density at radius 3 is 2.77 bits per heavy atom. The van der Waals surface area contributed by atoms with Gasteiger partial charge in [0.25, 0.3) is 0 Å². The maximum atomic E-state index is 5.83. The Morgan fingerprint density at radius 1 is 1.38 bits per heavy atom. The first-order valence-electron chi connectivity index (χ1n) is 3.60. The van der Waals surface area contributed by atoms with Crippen molar-refractivity contribution >= 4 is 34.2 Å². The molecule has 2 aromatic rings. The van der Waals surface area contributed by atoms with Gasteiger partial charge >= 0.3 is 0 Å². The number of pyridine rings is 1. The zero-order chi connectivity index (χ0) is 9.26. The van der Waals surface area contributed by atoms with E-state index in [2.05, 4.69) is 37.5 Å². The minimum absolute atomic E-state index is 0.557. The molecule has 0 aliphatic carbocycles. The van der Waals surface area contributed by atoms with E-state index in [9.17, 15) is 0 Å². The topological polar surface area (TPSA) is 41.6 Å². The van der Waals surface area contributed by atoms with Crippen molar-refractivity contribution < 1.29 is 0 Å². The molecular formula is C8H5ClIN3. The Hall–Kier alpha value is -0.620. The zero-order valence-electron chi connectivity index (χ0n) is 6.46. The summed E-state index contributed by atoms with van der Waals surface area (Å²) in [5.41, 5.74) is 0.798. The van der Waals surface area contributed by atoms with Crippen LogP contribution in [0.2, 0.25) is 5.15 Å². The number of aromatic amines is 1. The first-order valence-corrected chi connectivity index (χ1v) is 5.05. The molecular weight excluding hydrogens is 300 g/mol. The van der Waals surface area contributed by atoms with E-state index in [0.717, 1.165) is 9.39 Å². The fourth-order valence-electron chi connectivity index (χ4n) is 0.955. The lowest BCUT2D eigenvalue weighted by Crippen LogP contribution is -1.83. The van der Waals surface area contributed by atoms with Gasteiger partial charge in [0.15, 0.2) is 5.82 Å². The highest BCUT2D eigenvalue weighted by Crippen LogP contribution is 2.20. The molecule has 0 aliphatic rings. The number of hydrogen-bond acceptors (Lipinski definition) is 2. The minimum atomic E-state index is 0.557. The predicted molar refractivity (Wildman–Crippen MR) is 59.5 cm³/mol. The van der Waals surface area contributed by atoms with Gasteiger partial charge in [-0.2, -0.15) is 0 Å². The van der Waals surface area contributed by atoms with Crippen LogP contribution in [0.15, 0.2) is 24.4 Å². The van der Waals surface area contributed by atoms with Crippen LogP contribution in [0.3, 0.4) is 0 Å². The van der Waals surface area contributed by atoms with Gasteiger partial charge in [0, 0.05) is 6.20 Å². The molecule has 1 N–H and O–H groups in total. The Bertz CT molecular complexity index is 393. The van der Waals surface area contributed by atoms with Crippen LogP contribution in [0.25, 0.3) is 11.5 Å². The Balaban J connectivity index is 2.48. The molecule has 0 fully saturated rings. The lowest BCUT2D eigenvalue weighted by molar-refractivity contribution is 1.22. The molecule has 2 heterocycles. The van der Waals surface area contributed by atoms with Crippen molar-refractivity contribution in [3.63, 3.8) is 0 Å². The van der Waals surface area contributed by atoms with E-state index < -0.39 is 0 Å². The number of aromatic nitrogens is 3. The lowest BCUT2D eigenvalue weighted by atomic mass is 10.3. The van der Waals surface area contributed by atoms with Crippen molar-refractivity contribution in [2.45, 2.75) is 0 Å². The molecule has 2 rings (SSSR count). The van der Waals surface area contributed by atoms with E-state index in [1.54, 1.807) is 6.20 Å². The van der Waals surface area contributed by atoms with Crippen LogP contribution in [0.4, 0.5) is 0 Å². The summed E-state index contributed by atoms with van der Waals surface area (Å²) in [6, 6.07) is 5.65. The summed E-state index contributed by atoms with van der Waals surface area (Å²) < 4.78 is 0.764. The number of imidazole rings is 1. The van der Waals surface area contributed by atoms with Gasteiger partial charge < -0.3 is 4.98 Å². The Kier molecular flexibility index (Phi) is 2.50. The molecule has 2 aromatic heterocycles. The van der Waals surface area contributed by atoms with Crippen LogP contribution in [0.1, 0.15) is 0 Å². The van der Waals surface area contributed by atoms with Gasteiger partial charge in [-0.25, -0.2) is 4.98 Å². The molecule has 0 aromatic carbocycles. The number of hydrogen-bond donors (Lipinski definition) is 1. The van der Waals surface area contributed by atoms with E-state index in [1.165, 1.54) is 0 Å². The van der Waals surface area contributed by atoms with Gasteiger partial charge in [0.2, 0.25) is 0 Å². The minimum Gasteiger partial charge on any atom is -0.327 e. The third-order valence-corrected chi connectivity index (χ3v) is 2.90. The van der Waals surface area contributed by atoms with Crippen LogP contribution in [-0.4, -0.2) is 15.0 Å². The summed E-state index contributed by atoms with van der Waals surface area (Å²) in [5.74, 6) is 0.704. The van der Waals surface area contributed by atoms with Crippen LogP contribution < -0.4 is 0 Å². The van der Waals surface area contributed by atoms with E-state index in [1.807, 2.05) is 18.2 Å². The zero-order valence-corrected chi connectivity index (χ0v) is 9.37. The number of H-pyrrole nitrogens is 1. The summed E-state index contributed by atoms with van der Waals surface area (Å²) in [4.78, 5) is 11.3. The molecule has 13 heavy (non-hydrogen) atoms. The van der Waals surface area contributed by atoms with Crippen LogP contribution in [-0.2, 0) is 0 Å². The Labute approximate surface area is 93.7 Å². The first kappa shape index (κ1) is 8.96. The number of nitrogens with zero attached hydrogens (tertiary/aromatic N) is 2. The average molecular weight is 306 g/mol. The quantitative estimate of drug-likeness (QED) is 0.823. The van der Waals surface area contributed by atoms with Gasteiger partial charge in [-0.1, -0.05) is 17.7 Å². The molecule has 0 saturated heterocycles. The SMILES string of the molecule is Clc1[nH]c(-c2ccccn2)nc1I. The second-order valence-corrected chi connectivity index (χ2v) is 3.80. The molecule has 0 saturated carbocycles.